The summed E-state index contributed by atoms with van der Waals surface area (Å²) in [4.78, 5) is 20.3. The minimum atomic E-state index is -0.283. The standard InChI is InChI=1S/C23H21N5O2S/c1-23(2)12-16-20(21(29)26-23)31-22(25-16)27-9-10-30-19-7-6-14(11-18(19)27)15-13-24-28-8-4-3-5-17(15)28/h3-8,11,13H,9-10,12H2,1-2H3,(H,26,29). The molecule has 2 aliphatic heterocycles. The normalized spacial score (nSPS) is 17.1. The van der Waals surface area contributed by atoms with Crippen molar-refractivity contribution in [2.24, 2.45) is 0 Å². The van der Waals surface area contributed by atoms with Crippen LogP contribution in [0.4, 0.5) is 10.8 Å². The summed E-state index contributed by atoms with van der Waals surface area (Å²) in [7, 11) is 0. The Balaban J connectivity index is 1.44. The molecule has 5 heterocycles. The Morgan fingerprint density at radius 1 is 1.23 bits per heavy atom. The lowest BCUT2D eigenvalue weighted by Gasteiger charge is -2.29. The van der Waals surface area contributed by atoms with Crippen LogP contribution in [0.2, 0.25) is 0 Å². The Kier molecular flexibility index (Phi) is 3.89. The van der Waals surface area contributed by atoms with E-state index in [4.69, 9.17) is 9.72 Å². The zero-order chi connectivity index (χ0) is 21.2. The zero-order valence-electron chi connectivity index (χ0n) is 17.3. The zero-order valence-corrected chi connectivity index (χ0v) is 18.1. The number of rotatable bonds is 2. The highest BCUT2D eigenvalue weighted by molar-refractivity contribution is 7.17. The third-order valence-corrected chi connectivity index (χ3v) is 6.86. The summed E-state index contributed by atoms with van der Waals surface area (Å²) in [5.41, 5.74) is 4.73. The minimum Gasteiger partial charge on any atom is -0.490 e. The number of anilines is 2. The summed E-state index contributed by atoms with van der Waals surface area (Å²) < 4.78 is 7.80. The molecule has 0 spiro atoms. The average Bonchev–Trinajstić information content (AvgIpc) is 3.36. The minimum absolute atomic E-state index is 0.0383. The third-order valence-electron chi connectivity index (χ3n) is 5.74. The lowest BCUT2D eigenvalue weighted by molar-refractivity contribution is 0.0901. The number of amides is 1. The first-order valence-electron chi connectivity index (χ1n) is 10.3. The predicted octanol–water partition coefficient (Wildman–Crippen LogP) is 4.05. The molecule has 0 unspecified atom stereocenters. The van der Waals surface area contributed by atoms with Crippen molar-refractivity contribution in [1.29, 1.82) is 0 Å². The molecule has 156 valence electrons. The highest BCUT2D eigenvalue weighted by Crippen LogP contribution is 2.42. The van der Waals surface area contributed by atoms with E-state index < -0.39 is 0 Å². The molecule has 1 aromatic carbocycles. The number of benzene rings is 1. The van der Waals surface area contributed by atoms with E-state index in [0.29, 0.717) is 18.0 Å². The molecule has 4 aromatic rings. The molecule has 0 aliphatic carbocycles. The molecule has 2 aliphatic rings. The van der Waals surface area contributed by atoms with Gasteiger partial charge in [0.15, 0.2) is 5.13 Å². The third kappa shape index (κ3) is 2.97. The number of carbonyl (C=O) groups is 1. The van der Waals surface area contributed by atoms with Crippen LogP contribution in [0.5, 0.6) is 5.75 Å². The van der Waals surface area contributed by atoms with Crippen LogP contribution >= 0.6 is 11.3 Å². The lowest BCUT2D eigenvalue weighted by atomic mass is 9.94. The lowest BCUT2D eigenvalue weighted by Crippen LogP contribution is -2.48. The van der Waals surface area contributed by atoms with Gasteiger partial charge in [0.1, 0.15) is 17.2 Å². The molecule has 8 heteroatoms. The van der Waals surface area contributed by atoms with E-state index in [1.165, 1.54) is 11.3 Å². The Morgan fingerprint density at radius 2 is 2.13 bits per heavy atom. The van der Waals surface area contributed by atoms with Gasteiger partial charge in [0.25, 0.3) is 5.91 Å². The number of fused-ring (bicyclic) bond motifs is 3. The fourth-order valence-corrected chi connectivity index (χ4v) is 5.34. The van der Waals surface area contributed by atoms with Crippen LogP contribution < -0.4 is 15.0 Å². The fourth-order valence-electron chi connectivity index (χ4n) is 4.32. The van der Waals surface area contributed by atoms with Gasteiger partial charge >= 0.3 is 0 Å². The number of aromatic nitrogens is 3. The summed E-state index contributed by atoms with van der Waals surface area (Å²) in [5, 5.41) is 8.37. The Bertz CT molecular complexity index is 1340. The summed E-state index contributed by atoms with van der Waals surface area (Å²) in [6, 6.07) is 12.2. The van der Waals surface area contributed by atoms with Gasteiger partial charge in [0.2, 0.25) is 0 Å². The van der Waals surface area contributed by atoms with Gasteiger partial charge < -0.3 is 15.0 Å². The number of ether oxygens (including phenoxy) is 1. The van der Waals surface area contributed by atoms with Crippen LogP contribution in [-0.2, 0) is 6.42 Å². The molecular formula is C23H21N5O2S. The molecule has 7 nitrogen and oxygen atoms in total. The van der Waals surface area contributed by atoms with E-state index in [2.05, 4.69) is 33.5 Å². The number of nitrogens with zero attached hydrogens (tertiary/aromatic N) is 4. The summed E-state index contributed by atoms with van der Waals surface area (Å²) >= 11 is 1.45. The first-order chi connectivity index (χ1) is 15.0. The number of hydrogen-bond donors (Lipinski definition) is 1. The van der Waals surface area contributed by atoms with Crippen LogP contribution in [0.25, 0.3) is 16.6 Å². The largest absolute Gasteiger partial charge is 0.490 e. The predicted molar refractivity (Wildman–Crippen MR) is 120 cm³/mol. The Labute approximate surface area is 183 Å². The number of carbonyl (C=O) groups excluding carboxylic acids is 1. The molecule has 1 amide bonds. The summed E-state index contributed by atoms with van der Waals surface area (Å²) in [6.45, 7) is 5.31. The number of nitrogens with one attached hydrogen (secondary N) is 1. The van der Waals surface area contributed by atoms with Crippen molar-refractivity contribution < 1.29 is 9.53 Å². The molecule has 0 bridgehead atoms. The smallest absolute Gasteiger partial charge is 0.263 e. The molecule has 3 aromatic heterocycles. The molecule has 31 heavy (non-hydrogen) atoms. The van der Waals surface area contributed by atoms with Gasteiger partial charge in [-0.15, -0.1) is 0 Å². The molecule has 1 N–H and O–H groups in total. The van der Waals surface area contributed by atoms with E-state index in [0.717, 1.165) is 45.3 Å². The molecule has 0 saturated heterocycles. The van der Waals surface area contributed by atoms with Crippen molar-refractivity contribution in [3.8, 4) is 16.9 Å². The number of hydrogen-bond acceptors (Lipinski definition) is 6. The van der Waals surface area contributed by atoms with E-state index in [9.17, 15) is 4.79 Å². The van der Waals surface area contributed by atoms with E-state index in [1.54, 1.807) is 0 Å². The maximum absolute atomic E-state index is 12.6. The van der Waals surface area contributed by atoms with Crippen molar-refractivity contribution in [3.63, 3.8) is 0 Å². The maximum Gasteiger partial charge on any atom is 0.263 e. The van der Waals surface area contributed by atoms with Gasteiger partial charge in [-0.1, -0.05) is 23.5 Å². The van der Waals surface area contributed by atoms with Crippen LogP contribution in [0.3, 0.4) is 0 Å². The molecule has 0 saturated carbocycles. The second kappa shape index (κ2) is 6.55. The van der Waals surface area contributed by atoms with Crippen molar-refractivity contribution in [2.75, 3.05) is 18.1 Å². The molecule has 0 radical (unpaired) electrons. The second-order valence-electron chi connectivity index (χ2n) is 8.56. The monoisotopic (exact) mass is 431 g/mol. The first kappa shape index (κ1) is 18.4. The average molecular weight is 432 g/mol. The van der Waals surface area contributed by atoms with Crippen molar-refractivity contribution in [3.05, 3.63) is 59.4 Å². The van der Waals surface area contributed by atoms with Gasteiger partial charge in [0, 0.05) is 23.7 Å². The maximum atomic E-state index is 12.6. The van der Waals surface area contributed by atoms with Crippen molar-refractivity contribution in [2.45, 2.75) is 25.8 Å². The topological polar surface area (TPSA) is 71.8 Å². The van der Waals surface area contributed by atoms with E-state index in [-0.39, 0.29) is 11.4 Å². The van der Waals surface area contributed by atoms with Crippen LogP contribution in [0.1, 0.15) is 29.2 Å². The highest BCUT2D eigenvalue weighted by atomic mass is 32.1. The number of thiazole rings is 1. The Hall–Kier alpha value is -3.39. The van der Waals surface area contributed by atoms with Gasteiger partial charge in [-0.2, -0.15) is 5.10 Å². The molecule has 0 atom stereocenters. The summed E-state index contributed by atoms with van der Waals surface area (Å²) in [5.74, 6) is 0.785. The van der Waals surface area contributed by atoms with E-state index >= 15 is 0 Å². The van der Waals surface area contributed by atoms with Crippen molar-refractivity contribution in [1.82, 2.24) is 19.9 Å². The van der Waals surface area contributed by atoms with Crippen molar-refractivity contribution >= 4 is 33.6 Å². The molecular weight excluding hydrogens is 410 g/mol. The van der Waals surface area contributed by atoms with Gasteiger partial charge in [0.05, 0.1) is 29.6 Å². The van der Waals surface area contributed by atoms with Gasteiger partial charge in [-0.05, 0) is 43.7 Å². The first-order valence-corrected chi connectivity index (χ1v) is 11.1. The van der Waals surface area contributed by atoms with Crippen LogP contribution in [0, 0.1) is 0 Å². The Morgan fingerprint density at radius 3 is 3.03 bits per heavy atom. The van der Waals surface area contributed by atoms with Gasteiger partial charge in [-0.3, -0.25) is 4.79 Å². The second-order valence-corrected chi connectivity index (χ2v) is 9.54. The SMILES string of the molecule is CC1(C)Cc2nc(N3CCOc4ccc(-c5cnn6ccccc56)cc43)sc2C(=O)N1. The van der Waals surface area contributed by atoms with Crippen LogP contribution in [-0.4, -0.2) is 39.2 Å². The quantitative estimate of drug-likeness (QED) is 0.518. The molecule has 6 rings (SSSR count). The van der Waals surface area contributed by atoms with Gasteiger partial charge in [-0.25, -0.2) is 9.50 Å². The number of pyridine rings is 1. The highest BCUT2D eigenvalue weighted by Gasteiger charge is 2.34. The fraction of sp³-hybridized carbons (Fsp3) is 0.261. The van der Waals surface area contributed by atoms with E-state index in [1.807, 2.05) is 49.0 Å². The van der Waals surface area contributed by atoms with Crippen LogP contribution in [0.15, 0.2) is 48.8 Å². The molecule has 0 fully saturated rings. The summed E-state index contributed by atoms with van der Waals surface area (Å²) in [6.07, 6.45) is 4.56.